The van der Waals surface area contributed by atoms with Gasteiger partial charge in [-0.25, -0.2) is 9.98 Å². The van der Waals surface area contributed by atoms with Crippen LogP contribution in [0.25, 0.3) is 0 Å². The lowest BCUT2D eigenvalue weighted by Crippen LogP contribution is -2.61. The van der Waals surface area contributed by atoms with Crippen molar-refractivity contribution in [2.24, 2.45) is 27.2 Å². The first-order chi connectivity index (χ1) is 18.0. The Morgan fingerprint density at radius 1 is 0.757 bits per heavy atom. The van der Waals surface area contributed by atoms with E-state index in [1.807, 2.05) is 12.1 Å². The molecule has 6 atom stereocenters. The molecular formula is C31H30BrN5. The number of anilines is 1. The van der Waals surface area contributed by atoms with E-state index in [9.17, 15) is 0 Å². The van der Waals surface area contributed by atoms with Gasteiger partial charge in [0.25, 0.3) is 0 Å². The van der Waals surface area contributed by atoms with Crippen LogP contribution >= 0.6 is 15.9 Å². The van der Waals surface area contributed by atoms with E-state index in [4.69, 9.17) is 9.98 Å². The Morgan fingerprint density at radius 2 is 1.38 bits per heavy atom. The molecule has 3 aliphatic heterocycles. The molecular weight excluding hydrogens is 522 g/mol. The molecule has 0 bridgehead atoms. The molecule has 3 heterocycles. The SMILES string of the molecule is CC1(C)C2C=CC=CC2N(c2ccc(C3=NC4NC(c5ccc(Br)cc5)N=C4N3)cc2)C2C=CC=CC21. The number of aliphatic imine (C=N–C) groups is 2. The van der Waals surface area contributed by atoms with Crippen molar-refractivity contribution in [3.8, 4) is 0 Å². The number of hydrogen-bond acceptors (Lipinski definition) is 5. The number of allylic oxidation sites excluding steroid dienone is 4. The normalized spacial score (nSPS) is 32.4. The molecule has 5 nitrogen and oxygen atoms in total. The largest absolute Gasteiger partial charge is 0.357 e. The fourth-order valence-electron chi connectivity index (χ4n) is 6.57. The minimum absolute atomic E-state index is 0.0762. The molecule has 186 valence electrons. The van der Waals surface area contributed by atoms with Crippen LogP contribution in [0, 0.1) is 17.3 Å². The fourth-order valence-corrected chi connectivity index (χ4v) is 6.84. The predicted octanol–water partition coefficient (Wildman–Crippen LogP) is 5.89. The van der Waals surface area contributed by atoms with Crippen LogP contribution in [0.5, 0.6) is 0 Å². The van der Waals surface area contributed by atoms with Gasteiger partial charge in [-0.15, -0.1) is 0 Å². The minimum Gasteiger partial charge on any atom is -0.357 e. The molecule has 1 saturated heterocycles. The van der Waals surface area contributed by atoms with Gasteiger partial charge in [-0.3, -0.25) is 5.32 Å². The first-order valence-corrected chi connectivity index (χ1v) is 13.8. The molecule has 2 aromatic carbocycles. The van der Waals surface area contributed by atoms with Crippen molar-refractivity contribution in [1.29, 1.82) is 0 Å². The summed E-state index contributed by atoms with van der Waals surface area (Å²) in [6.07, 6.45) is 18.2. The van der Waals surface area contributed by atoms with Crippen LogP contribution in [0.15, 0.2) is 112 Å². The zero-order valence-electron chi connectivity index (χ0n) is 20.9. The predicted molar refractivity (Wildman–Crippen MR) is 155 cm³/mol. The van der Waals surface area contributed by atoms with E-state index in [1.165, 1.54) is 5.69 Å². The monoisotopic (exact) mass is 551 g/mol. The van der Waals surface area contributed by atoms with Crippen LogP contribution in [0.2, 0.25) is 0 Å². The summed E-state index contributed by atoms with van der Waals surface area (Å²) in [5.74, 6) is 2.66. The van der Waals surface area contributed by atoms with Crippen molar-refractivity contribution in [3.63, 3.8) is 0 Å². The van der Waals surface area contributed by atoms with Crippen LogP contribution in [-0.2, 0) is 0 Å². The Bertz CT molecular complexity index is 1360. The molecule has 2 aromatic rings. The number of fused-ring (bicyclic) bond motifs is 3. The molecule has 0 spiro atoms. The van der Waals surface area contributed by atoms with Crippen LogP contribution in [-0.4, -0.2) is 29.9 Å². The van der Waals surface area contributed by atoms with Crippen LogP contribution in [0.1, 0.15) is 31.1 Å². The highest BCUT2D eigenvalue weighted by Crippen LogP contribution is 2.51. The summed E-state index contributed by atoms with van der Waals surface area (Å²) in [5.41, 5.74) is 3.63. The Balaban J connectivity index is 1.13. The lowest BCUT2D eigenvalue weighted by atomic mass is 9.59. The molecule has 0 saturated carbocycles. The summed E-state index contributed by atoms with van der Waals surface area (Å²) < 4.78 is 1.07. The highest BCUT2D eigenvalue weighted by molar-refractivity contribution is 9.10. The second-order valence-corrected chi connectivity index (χ2v) is 11.9. The molecule has 0 radical (unpaired) electrons. The standard InChI is InChI=1S/C31H30BrN5/c1-31(2)23-7-3-5-9-25(23)37(26-10-6-4-8-24(26)31)22-17-13-20(14-18-22)28-35-29-30(36-28)34-27(33-29)19-11-15-21(32)16-12-19/h3-18,23-27,29,33H,1-2H3,(H,34,35,36). The lowest BCUT2D eigenvalue weighted by Gasteiger charge is -2.58. The number of amidine groups is 2. The molecule has 7 rings (SSSR count). The van der Waals surface area contributed by atoms with Crippen molar-refractivity contribution in [3.05, 3.63) is 113 Å². The van der Waals surface area contributed by atoms with Gasteiger partial charge in [-0.1, -0.05) is 90.5 Å². The average molecular weight is 553 g/mol. The van der Waals surface area contributed by atoms with E-state index in [2.05, 4.69) is 130 Å². The van der Waals surface area contributed by atoms with Gasteiger partial charge in [-0.05, 0) is 47.4 Å². The van der Waals surface area contributed by atoms with Gasteiger partial charge in [0.1, 0.15) is 17.8 Å². The zero-order valence-corrected chi connectivity index (χ0v) is 22.5. The van der Waals surface area contributed by atoms with Crippen molar-refractivity contribution in [1.82, 2.24) is 10.6 Å². The lowest BCUT2D eigenvalue weighted by molar-refractivity contribution is 0.109. The molecule has 0 amide bonds. The molecule has 1 fully saturated rings. The first-order valence-electron chi connectivity index (χ1n) is 13.0. The van der Waals surface area contributed by atoms with E-state index >= 15 is 0 Å². The fraction of sp³-hybridized carbons (Fsp3) is 0.290. The Morgan fingerprint density at radius 3 is 2.00 bits per heavy atom. The van der Waals surface area contributed by atoms with E-state index in [0.717, 1.165) is 27.3 Å². The van der Waals surface area contributed by atoms with Crippen LogP contribution in [0.4, 0.5) is 5.69 Å². The van der Waals surface area contributed by atoms with Crippen molar-refractivity contribution in [2.45, 2.75) is 38.3 Å². The first kappa shape index (κ1) is 22.9. The quantitative estimate of drug-likeness (QED) is 0.499. The Hall–Kier alpha value is -3.22. The zero-order chi connectivity index (χ0) is 25.1. The number of halogens is 1. The number of piperidine rings is 1. The van der Waals surface area contributed by atoms with Gasteiger partial charge < -0.3 is 10.2 Å². The minimum atomic E-state index is -0.132. The Kier molecular flexibility index (Phi) is 5.38. The molecule has 37 heavy (non-hydrogen) atoms. The third-order valence-electron chi connectivity index (χ3n) is 8.54. The molecule has 6 unspecified atom stereocenters. The van der Waals surface area contributed by atoms with Crippen molar-refractivity contribution >= 4 is 33.3 Å². The van der Waals surface area contributed by atoms with Crippen LogP contribution in [0.3, 0.4) is 0 Å². The van der Waals surface area contributed by atoms with E-state index in [1.54, 1.807) is 0 Å². The summed E-state index contributed by atoms with van der Waals surface area (Å²) >= 11 is 3.50. The second kappa shape index (κ2) is 8.67. The van der Waals surface area contributed by atoms with E-state index in [-0.39, 0.29) is 17.7 Å². The summed E-state index contributed by atoms with van der Waals surface area (Å²) in [6.45, 7) is 4.85. The highest BCUT2D eigenvalue weighted by atomic mass is 79.9. The number of benzene rings is 2. The number of hydrogen-bond donors (Lipinski definition) is 2. The van der Waals surface area contributed by atoms with Crippen LogP contribution < -0.4 is 15.5 Å². The smallest absolute Gasteiger partial charge is 0.162 e. The van der Waals surface area contributed by atoms with Gasteiger partial charge in [0.15, 0.2) is 6.17 Å². The highest BCUT2D eigenvalue weighted by Gasteiger charge is 2.51. The topological polar surface area (TPSA) is 52.0 Å². The number of nitrogens with zero attached hydrogens (tertiary/aromatic N) is 3. The number of rotatable bonds is 3. The third kappa shape index (κ3) is 3.77. The van der Waals surface area contributed by atoms with E-state index in [0.29, 0.717) is 23.9 Å². The van der Waals surface area contributed by atoms with Gasteiger partial charge in [0.05, 0.1) is 12.1 Å². The summed E-state index contributed by atoms with van der Waals surface area (Å²) in [5, 5.41) is 6.97. The average Bonchev–Trinajstić information content (AvgIpc) is 3.50. The molecule has 2 N–H and O–H groups in total. The molecule has 5 aliphatic rings. The summed E-state index contributed by atoms with van der Waals surface area (Å²) in [4.78, 5) is 12.4. The van der Waals surface area contributed by atoms with Gasteiger partial charge in [0.2, 0.25) is 0 Å². The summed E-state index contributed by atoms with van der Waals surface area (Å²) in [7, 11) is 0. The van der Waals surface area contributed by atoms with Crippen molar-refractivity contribution < 1.29 is 0 Å². The van der Waals surface area contributed by atoms with Gasteiger partial charge in [0, 0.05) is 27.6 Å². The molecule has 6 heteroatoms. The Labute approximate surface area is 226 Å². The van der Waals surface area contributed by atoms with Crippen molar-refractivity contribution in [2.75, 3.05) is 4.90 Å². The maximum absolute atomic E-state index is 4.91. The van der Waals surface area contributed by atoms with Gasteiger partial charge >= 0.3 is 0 Å². The van der Waals surface area contributed by atoms with Gasteiger partial charge in [-0.2, -0.15) is 0 Å². The summed E-state index contributed by atoms with van der Waals surface area (Å²) in [6, 6.07) is 17.8. The maximum Gasteiger partial charge on any atom is 0.162 e. The molecule has 0 aromatic heterocycles. The molecule has 2 aliphatic carbocycles. The second-order valence-electron chi connectivity index (χ2n) is 11.0. The maximum atomic E-state index is 4.91. The number of nitrogens with one attached hydrogen (secondary N) is 2. The van der Waals surface area contributed by atoms with E-state index < -0.39 is 0 Å². The third-order valence-corrected chi connectivity index (χ3v) is 9.07.